The van der Waals surface area contributed by atoms with Gasteiger partial charge in [-0.25, -0.2) is 5.01 Å². The van der Waals surface area contributed by atoms with E-state index in [4.69, 9.17) is 21.7 Å². The van der Waals surface area contributed by atoms with Gasteiger partial charge in [-0.05, 0) is 49.6 Å². The summed E-state index contributed by atoms with van der Waals surface area (Å²) in [6.07, 6.45) is 5.99. The van der Waals surface area contributed by atoms with Crippen molar-refractivity contribution in [2.45, 2.75) is 38.3 Å². The molecule has 3 aliphatic rings. The number of thioether (sulfide) groups is 1. The minimum Gasteiger partial charge on any atom is -0.298 e. The van der Waals surface area contributed by atoms with Crippen LogP contribution in [0.15, 0.2) is 28.3 Å². The summed E-state index contributed by atoms with van der Waals surface area (Å²) in [6, 6.07) is 5.54. The molecule has 7 heteroatoms. The van der Waals surface area contributed by atoms with E-state index in [2.05, 4.69) is 12.2 Å². The highest BCUT2D eigenvalue weighted by Crippen LogP contribution is 2.41. The number of benzene rings is 1. The van der Waals surface area contributed by atoms with Gasteiger partial charge in [-0.15, -0.1) is 5.10 Å². The normalized spacial score (nSPS) is 28.7. The number of fused-ring (bicyclic) bond motifs is 3. The zero-order chi connectivity index (χ0) is 16.9. The molecule has 0 unspecified atom stereocenters. The number of amides is 1. The van der Waals surface area contributed by atoms with Crippen molar-refractivity contribution in [3.8, 4) is 0 Å². The van der Waals surface area contributed by atoms with E-state index in [0.717, 1.165) is 29.8 Å². The predicted molar refractivity (Wildman–Crippen MR) is 96.9 cm³/mol. The second kappa shape index (κ2) is 5.77. The number of halogens is 1. The summed E-state index contributed by atoms with van der Waals surface area (Å²) in [4.78, 5) is 17.9. The number of rotatable bonds is 0. The number of hydrazone groups is 1. The molecule has 1 spiro atoms. The Morgan fingerprint density at radius 2 is 2.29 bits per heavy atom. The highest BCUT2D eigenvalue weighted by atomic mass is 35.5. The maximum Gasteiger partial charge on any atom is 0.276 e. The molecule has 1 aliphatic carbocycles. The maximum atomic E-state index is 12.8. The van der Waals surface area contributed by atoms with Gasteiger partial charge < -0.3 is 0 Å². The van der Waals surface area contributed by atoms with Crippen molar-refractivity contribution in [3.05, 3.63) is 33.8 Å². The lowest BCUT2D eigenvalue weighted by molar-refractivity contribution is -0.116. The second-order valence-electron chi connectivity index (χ2n) is 6.68. The Morgan fingerprint density at radius 1 is 1.46 bits per heavy atom. The molecule has 5 nitrogen and oxygen atoms in total. The van der Waals surface area contributed by atoms with Crippen LogP contribution in [0.1, 0.15) is 32.6 Å². The first kappa shape index (κ1) is 16.0. The number of amidine groups is 1. The first-order valence-corrected chi connectivity index (χ1v) is 9.77. The van der Waals surface area contributed by atoms with E-state index in [1.54, 1.807) is 6.07 Å². The zero-order valence-electron chi connectivity index (χ0n) is 13.7. The van der Waals surface area contributed by atoms with Crippen LogP contribution in [0.25, 0.3) is 5.70 Å². The summed E-state index contributed by atoms with van der Waals surface area (Å²) in [5.41, 5.74) is 0.0986. The third-order valence-corrected chi connectivity index (χ3v) is 5.72. The molecule has 2 atom stereocenters. The molecule has 0 bridgehead atoms. The van der Waals surface area contributed by atoms with E-state index in [1.807, 2.05) is 23.4 Å². The van der Waals surface area contributed by atoms with E-state index in [1.165, 1.54) is 18.2 Å². The van der Waals surface area contributed by atoms with Crippen molar-refractivity contribution in [1.82, 2.24) is 10.3 Å². The van der Waals surface area contributed by atoms with Gasteiger partial charge in [-0.3, -0.25) is 15.1 Å². The number of nitrogens with one attached hydrogen (secondary N) is 1. The highest BCUT2D eigenvalue weighted by molar-refractivity contribution is 8.13. The average molecular weight is 363 g/mol. The molecule has 1 fully saturated rings. The van der Waals surface area contributed by atoms with Crippen LogP contribution in [0.4, 0.5) is 0 Å². The minimum absolute atomic E-state index is 0.134. The number of nitrogens with zero attached hydrogens (tertiary/aromatic N) is 3. The van der Waals surface area contributed by atoms with E-state index in [0.29, 0.717) is 21.8 Å². The molecule has 0 radical (unpaired) electrons. The summed E-state index contributed by atoms with van der Waals surface area (Å²) in [7, 11) is 0. The van der Waals surface area contributed by atoms with Crippen LogP contribution in [0.2, 0.25) is 5.02 Å². The quantitative estimate of drug-likeness (QED) is 0.768. The molecule has 0 aromatic heterocycles. The van der Waals surface area contributed by atoms with Gasteiger partial charge >= 0.3 is 0 Å². The molecule has 1 amide bonds. The Morgan fingerprint density at radius 3 is 3.04 bits per heavy atom. The molecular weight excluding hydrogens is 344 g/mol. The van der Waals surface area contributed by atoms with Crippen LogP contribution in [0, 0.1) is 5.92 Å². The Labute approximate surface area is 149 Å². The average Bonchev–Trinajstić information content (AvgIpc) is 2.55. The Bertz CT molecular complexity index is 868. The van der Waals surface area contributed by atoms with Crippen molar-refractivity contribution < 1.29 is 4.79 Å². The van der Waals surface area contributed by atoms with Crippen LogP contribution < -0.4 is 15.9 Å². The van der Waals surface area contributed by atoms with Crippen LogP contribution >= 0.6 is 23.4 Å². The highest BCUT2D eigenvalue weighted by Gasteiger charge is 2.46. The number of hydrogen-bond acceptors (Lipinski definition) is 5. The molecule has 24 heavy (non-hydrogen) atoms. The first-order valence-electron chi connectivity index (χ1n) is 8.16. The maximum absolute atomic E-state index is 12.8. The second-order valence-corrected chi connectivity index (χ2v) is 7.91. The first-order chi connectivity index (χ1) is 11.5. The zero-order valence-corrected chi connectivity index (χ0v) is 15.2. The molecule has 1 aromatic carbocycles. The van der Waals surface area contributed by atoms with E-state index in [9.17, 15) is 4.79 Å². The summed E-state index contributed by atoms with van der Waals surface area (Å²) in [5.74, 6) is 0.417. The molecule has 126 valence electrons. The van der Waals surface area contributed by atoms with Gasteiger partial charge in [-0.2, -0.15) is 0 Å². The Hall–Kier alpha value is -1.53. The van der Waals surface area contributed by atoms with E-state index in [-0.39, 0.29) is 5.91 Å². The van der Waals surface area contributed by atoms with Crippen molar-refractivity contribution >= 4 is 40.1 Å². The van der Waals surface area contributed by atoms with Crippen molar-refractivity contribution in [1.29, 1.82) is 0 Å². The molecule has 2 heterocycles. The van der Waals surface area contributed by atoms with Crippen LogP contribution in [0.3, 0.4) is 0 Å². The number of carbonyl (C=O) groups is 1. The summed E-state index contributed by atoms with van der Waals surface area (Å²) in [6.45, 7) is 2.25. The minimum atomic E-state index is -0.466. The fourth-order valence-corrected chi connectivity index (χ4v) is 4.43. The van der Waals surface area contributed by atoms with Crippen LogP contribution in [0.5, 0.6) is 0 Å². The third kappa shape index (κ3) is 2.43. The van der Waals surface area contributed by atoms with Gasteiger partial charge in [0.05, 0.1) is 5.36 Å². The van der Waals surface area contributed by atoms with Crippen LogP contribution in [-0.2, 0) is 4.79 Å². The summed E-state index contributed by atoms with van der Waals surface area (Å²) in [5, 5.41) is 12.3. The summed E-state index contributed by atoms with van der Waals surface area (Å²) >= 11 is 7.60. The van der Waals surface area contributed by atoms with Crippen molar-refractivity contribution in [3.63, 3.8) is 0 Å². The van der Waals surface area contributed by atoms with Crippen molar-refractivity contribution in [2.24, 2.45) is 16.0 Å². The van der Waals surface area contributed by atoms with Gasteiger partial charge in [0.15, 0.2) is 10.8 Å². The lowest BCUT2D eigenvalue weighted by Crippen LogP contribution is -2.59. The van der Waals surface area contributed by atoms with E-state index >= 15 is 0 Å². The monoisotopic (exact) mass is 362 g/mol. The fraction of sp³-hybridized carbons (Fsp3) is 0.471. The number of hydrogen-bond donors (Lipinski definition) is 1. The largest absolute Gasteiger partial charge is 0.298 e. The smallest absolute Gasteiger partial charge is 0.276 e. The molecule has 0 saturated heterocycles. The standard InChI is InChI=1S/C17H19ClN4OS/c1-10-4-3-7-17(9-10)20-13-6-5-11(18)8-12(13)14-15(23)19-16(24-2)21-22(14)17/h5-6,8,10H,3-4,7,9H2,1-2H3,(H,19,21,23)/t10-,17+/m1/s1. The van der Waals surface area contributed by atoms with Gasteiger partial charge in [0, 0.05) is 10.2 Å². The molecular formula is C17H19ClN4OS. The Balaban J connectivity index is 2.02. The van der Waals surface area contributed by atoms with Gasteiger partial charge in [-0.1, -0.05) is 36.7 Å². The molecule has 1 saturated carbocycles. The van der Waals surface area contributed by atoms with Gasteiger partial charge in [0.2, 0.25) is 0 Å². The van der Waals surface area contributed by atoms with Crippen molar-refractivity contribution in [2.75, 3.05) is 6.26 Å². The molecule has 1 aromatic rings. The predicted octanol–water partition coefficient (Wildman–Crippen LogP) is 2.05. The van der Waals surface area contributed by atoms with Gasteiger partial charge in [0.25, 0.3) is 5.91 Å². The lowest BCUT2D eigenvalue weighted by Gasteiger charge is -2.46. The Kier molecular flexibility index (Phi) is 3.84. The fourth-order valence-electron chi connectivity index (χ4n) is 3.90. The summed E-state index contributed by atoms with van der Waals surface area (Å²) < 4.78 is 0. The topological polar surface area (TPSA) is 57.1 Å². The van der Waals surface area contributed by atoms with Crippen LogP contribution in [-0.4, -0.2) is 28.0 Å². The SMILES string of the molecule is CSC1=NN2C(=c3cc(Cl)ccc3=N[C@@]23CCC[C@@H](C)C3)C(=O)N1. The number of carbonyl (C=O) groups excluding carboxylic acids is 1. The molecule has 4 rings (SSSR count). The lowest BCUT2D eigenvalue weighted by atomic mass is 9.81. The van der Waals surface area contributed by atoms with E-state index < -0.39 is 5.66 Å². The molecule has 1 N–H and O–H groups in total. The third-order valence-electron chi connectivity index (χ3n) is 4.92. The van der Waals surface area contributed by atoms with Gasteiger partial charge in [0.1, 0.15) is 5.70 Å². The molecule has 2 aliphatic heterocycles.